The van der Waals surface area contributed by atoms with E-state index >= 15 is 0 Å². The summed E-state index contributed by atoms with van der Waals surface area (Å²) in [5.41, 5.74) is -1.35. The van der Waals surface area contributed by atoms with E-state index in [4.69, 9.17) is 4.74 Å². The second-order valence-electron chi connectivity index (χ2n) is 5.49. The van der Waals surface area contributed by atoms with E-state index in [0.717, 1.165) is 6.07 Å². The highest BCUT2D eigenvalue weighted by atomic mass is 19.4. The maximum Gasteiger partial charge on any atom is 0.433 e. The summed E-state index contributed by atoms with van der Waals surface area (Å²) in [6.07, 6.45) is -4.50. The molecule has 1 fully saturated rings. The number of ether oxygens (including phenoxy) is 1. The zero-order chi connectivity index (χ0) is 15.7. The van der Waals surface area contributed by atoms with Gasteiger partial charge in [-0.25, -0.2) is 4.98 Å². The summed E-state index contributed by atoms with van der Waals surface area (Å²) in [5, 5.41) is 2.74. The van der Waals surface area contributed by atoms with Gasteiger partial charge in [0.1, 0.15) is 5.82 Å². The fourth-order valence-corrected chi connectivity index (χ4v) is 2.19. The number of morpholine rings is 1. The Morgan fingerprint density at radius 3 is 2.67 bits per heavy atom. The van der Waals surface area contributed by atoms with Gasteiger partial charge < -0.3 is 15.0 Å². The van der Waals surface area contributed by atoms with Crippen LogP contribution in [0.3, 0.4) is 0 Å². The Morgan fingerprint density at radius 1 is 1.38 bits per heavy atom. The van der Waals surface area contributed by atoms with Gasteiger partial charge in [-0.1, -0.05) is 0 Å². The zero-order valence-corrected chi connectivity index (χ0v) is 12.3. The van der Waals surface area contributed by atoms with Crippen LogP contribution in [0.25, 0.3) is 0 Å². The van der Waals surface area contributed by atoms with E-state index in [1.165, 1.54) is 0 Å². The molecule has 0 atom stereocenters. The molecule has 0 aliphatic carbocycles. The molecule has 2 heterocycles. The Hall–Kier alpha value is -1.57. The van der Waals surface area contributed by atoms with Crippen molar-refractivity contribution in [2.75, 3.05) is 36.5 Å². The number of alkyl halides is 3. The average molecular weight is 304 g/mol. The summed E-state index contributed by atoms with van der Waals surface area (Å²) in [7, 11) is 0. The van der Waals surface area contributed by atoms with Crippen molar-refractivity contribution >= 4 is 11.8 Å². The predicted molar refractivity (Wildman–Crippen MR) is 73.4 cm³/mol. The molecule has 5 nitrogen and oxygen atoms in total. The molecule has 1 aromatic heterocycles. The number of nitrogens with zero attached hydrogens (tertiary/aromatic N) is 3. The lowest BCUT2D eigenvalue weighted by Crippen LogP contribution is -2.48. The van der Waals surface area contributed by atoms with Crippen molar-refractivity contribution in [1.29, 1.82) is 0 Å². The molecule has 1 saturated heterocycles. The molecule has 1 aliphatic rings. The van der Waals surface area contributed by atoms with Gasteiger partial charge in [-0.05, 0) is 20.8 Å². The van der Waals surface area contributed by atoms with Gasteiger partial charge in [0.25, 0.3) is 0 Å². The highest BCUT2D eigenvalue weighted by Crippen LogP contribution is 2.31. The summed E-state index contributed by atoms with van der Waals surface area (Å²) in [4.78, 5) is 9.49. The third-order valence-corrected chi connectivity index (χ3v) is 3.09. The Kier molecular flexibility index (Phi) is 4.27. The Bertz CT molecular complexity index is 505. The first-order valence-electron chi connectivity index (χ1n) is 6.80. The van der Waals surface area contributed by atoms with Crippen LogP contribution in [0.1, 0.15) is 26.5 Å². The first-order chi connectivity index (χ1) is 9.71. The van der Waals surface area contributed by atoms with Gasteiger partial charge in [-0.2, -0.15) is 18.2 Å². The van der Waals surface area contributed by atoms with Crippen LogP contribution in [0.2, 0.25) is 0 Å². The second kappa shape index (κ2) is 5.67. The molecule has 1 aliphatic heterocycles. The number of rotatable bonds is 3. The van der Waals surface area contributed by atoms with Gasteiger partial charge in [-0.15, -0.1) is 0 Å². The standard InChI is InChI=1S/C13H19F3N4O/c1-4-17-11-18-9(13(14,15)16)7-10(19-11)20-5-6-21-12(2,3)8-20/h7H,4-6,8H2,1-3H3,(H,17,18,19). The molecule has 0 spiro atoms. The van der Waals surface area contributed by atoms with Gasteiger partial charge in [0, 0.05) is 25.7 Å². The SMILES string of the molecule is CCNc1nc(N2CCOC(C)(C)C2)cc(C(F)(F)F)n1. The third-order valence-electron chi connectivity index (χ3n) is 3.09. The molecule has 0 unspecified atom stereocenters. The van der Waals surface area contributed by atoms with Crippen molar-refractivity contribution in [1.82, 2.24) is 9.97 Å². The first kappa shape index (κ1) is 15.8. The highest BCUT2D eigenvalue weighted by molar-refractivity contribution is 5.46. The van der Waals surface area contributed by atoms with E-state index in [9.17, 15) is 13.2 Å². The first-order valence-corrected chi connectivity index (χ1v) is 6.80. The Morgan fingerprint density at radius 2 is 2.10 bits per heavy atom. The van der Waals surface area contributed by atoms with Gasteiger partial charge in [-0.3, -0.25) is 0 Å². The largest absolute Gasteiger partial charge is 0.433 e. The molecule has 2 rings (SSSR count). The normalized spacial score (nSPS) is 18.7. The summed E-state index contributed by atoms with van der Waals surface area (Å²) >= 11 is 0. The number of aromatic nitrogens is 2. The Labute approximate surface area is 121 Å². The second-order valence-corrected chi connectivity index (χ2v) is 5.49. The van der Waals surface area contributed by atoms with Crippen molar-refractivity contribution < 1.29 is 17.9 Å². The van der Waals surface area contributed by atoms with Crippen LogP contribution in [0.15, 0.2) is 6.07 Å². The number of hydrogen-bond acceptors (Lipinski definition) is 5. The highest BCUT2D eigenvalue weighted by Gasteiger charge is 2.35. The van der Waals surface area contributed by atoms with Crippen molar-refractivity contribution in [3.63, 3.8) is 0 Å². The monoisotopic (exact) mass is 304 g/mol. The van der Waals surface area contributed by atoms with Crippen LogP contribution in [0.4, 0.5) is 24.9 Å². The molecule has 1 N–H and O–H groups in total. The molecule has 0 aromatic carbocycles. The van der Waals surface area contributed by atoms with Crippen LogP contribution in [-0.4, -0.2) is 41.8 Å². The van der Waals surface area contributed by atoms with Gasteiger partial charge in [0.2, 0.25) is 5.95 Å². The molecule has 0 bridgehead atoms. The van der Waals surface area contributed by atoms with Crippen molar-refractivity contribution in [3.8, 4) is 0 Å². The molecule has 8 heteroatoms. The molecule has 1 aromatic rings. The Balaban J connectivity index is 2.35. The topological polar surface area (TPSA) is 50.3 Å². The number of hydrogen-bond donors (Lipinski definition) is 1. The summed E-state index contributed by atoms with van der Waals surface area (Å²) in [6.45, 7) is 7.47. The van der Waals surface area contributed by atoms with E-state index in [1.807, 2.05) is 13.8 Å². The number of nitrogens with one attached hydrogen (secondary N) is 1. The molecule has 0 radical (unpaired) electrons. The van der Waals surface area contributed by atoms with Gasteiger partial charge in [0.15, 0.2) is 5.69 Å². The van der Waals surface area contributed by atoms with Crippen LogP contribution in [0.5, 0.6) is 0 Å². The molecular weight excluding hydrogens is 285 g/mol. The minimum atomic E-state index is -4.50. The van der Waals surface area contributed by atoms with Crippen LogP contribution >= 0.6 is 0 Å². The predicted octanol–water partition coefficient (Wildman–Crippen LogP) is 2.54. The van der Waals surface area contributed by atoms with E-state index in [-0.39, 0.29) is 11.8 Å². The molecule has 0 saturated carbocycles. The van der Waals surface area contributed by atoms with E-state index in [1.54, 1.807) is 11.8 Å². The van der Waals surface area contributed by atoms with Crippen LogP contribution in [-0.2, 0) is 10.9 Å². The van der Waals surface area contributed by atoms with Crippen molar-refractivity contribution in [2.45, 2.75) is 32.5 Å². The molecular formula is C13H19F3N4O. The molecule has 0 amide bonds. The quantitative estimate of drug-likeness (QED) is 0.930. The maximum absolute atomic E-state index is 12.9. The van der Waals surface area contributed by atoms with Crippen LogP contribution in [0, 0.1) is 0 Å². The maximum atomic E-state index is 12.9. The molecule has 118 valence electrons. The number of halogens is 3. The van der Waals surface area contributed by atoms with Crippen LogP contribution < -0.4 is 10.2 Å². The van der Waals surface area contributed by atoms with E-state index < -0.39 is 17.5 Å². The summed E-state index contributed by atoms with van der Waals surface area (Å²) in [6, 6.07) is 0.988. The lowest BCUT2D eigenvalue weighted by Gasteiger charge is -2.38. The van der Waals surface area contributed by atoms with Crippen molar-refractivity contribution in [2.24, 2.45) is 0 Å². The fourth-order valence-electron chi connectivity index (χ4n) is 2.19. The lowest BCUT2D eigenvalue weighted by atomic mass is 10.1. The number of anilines is 2. The van der Waals surface area contributed by atoms with E-state index in [0.29, 0.717) is 26.2 Å². The van der Waals surface area contributed by atoms with Gasteiger partial charge >= 0.3 is 6.18 Å². The zero-order valence-electron chi connectivity index (χ0n) is 12.3. The van der Waals surface area contributed by atoms with E-state index in [2.05, 4.69) is 15.3 Å². The lowest BCUT2D eigenvalue weighted by molar-refractivity contribution is -0.141. The average Bonchev–Trinajstić information content (AvgIpc) is 2.36. The summed E-state index contributed by atoms with van der Waals surface area (Å²) < 4.78 is 44.4. The van der Waals surface area contributed by atoms with Crippen molar-refractivity contribution in [3.05, 3.63) is 11.8 Å². The van der Waals surface area contributed by atoms with Gasteiger partial charge in [0.05, 0.1) is 12.2 Å². The third kappa shape index (κ3) is 3.96. The summed E-state index contributed by atoms with van der Waals surface area (Å²) in [5.74, 6) is 0.260. The molecule has 21 heavy (non-hydrogen) atoms. The smallest absolute Gasteiger partial charge is 0.372 e. The minimum Gasteiger partial charge on any atom is -0.372 e. The minimum absolute atomic E-state index is 0.00776. The fraction of sp³-hybridized carbons (Fsp3) is 0.692.